The maximum atomic E-state index is 8.25. The average molecular weight is 190 g/mol. The molecule has 0 aliphatic carbocycles. The molecule has 0 rings (SSSR count). The molecule has 4 heteroatoms. The third-order valence-corrected chi connectivity index (χ3v) is 2.60. The summed E-state index contributed by atoms with van der Waals surface area (Å²) >= 11 is 1.89. The lowest BCUT2D eigenvalue weighted by atomic mass is 10.3. The van der Waals surface area contributed by atoms with Crippen molar-refractivity contribution in [3.8, 4) is 0 Å². The molecule has 0 aromatic heterocycles. The summed E-state index contributed by atoms with van der Waals surface area (Å²) in [6.45, 7) is 6.55. The molecule has 0 aliphatic rings. The van der Waals surface area contributed by atoms with Crippen LogP contribution in [0, 0.1) is 0 Å². The molecule has 3 N–H and O–H groups in total. The molecule has 0 spiro atoms. The summed E-state index contributed by atoms with van der Waals surface area (Å²) in [5.74, 6) is 1.38. The maximum Gasteiger partial charge on any atom is 0.139 e. The minimum atomic E-state index is 0.311. The standard InChI is InChI=1S/C8H18N2OS/c1-8(2,3)12-6-4-5-7(9)10-11/h11H,4-6H2,1-3H3,(H2,9,10). The molecule has 3 nitrogen and oxygen atoms in total. The molecule has 0 atom stereocenters. The molecule has 12 heavy (non-hydrogen) atoms. The number of amidine groups is 1. The number of oxime groups is 1. The number of nitrogens with zero attached hydrogens (tertiary/aromatic N) is 1. The first-order valence-corrected chi connectivity index (χ1v) is 5.04. The van der Waals surface area contributed by atoms with Gasteiger partial charge in [-0.15, -0.1) is 0 Å². The Morgan fingerprint density at radius 2 is 2.08 bits per heavy atom. The zero-order valence-corrected chi connectivity index (χ0v) is 8.82. The Bertz CT molecular complexity index is 152. The van der Waals surface area contributed by atoms with E-state index >= 15 is 0 Å². The van der Waals surface area contributed by atoms with E-state index in [1.165, 1.54) is 0 Å². The van der Waals surface area contributed by atoms with Crippen LogP contribution < -0.4 is 5.73 Å². The minimum Gasteiger partial charge on any atom is -0.409 e. The first kappa shape index (κ1) is 11.6. The van der Waals surface area contributed by atoms with Gasteiger partial charge in [-0.05, 0) is 12.2 Å². The number of hydrogen-bond donors (Lipinski definition) is 2. The van der Waals surface area contributed by atoms with Gasteiger partial charge in [0.2, 0.25) is 0 Å². The van der Waals surface area contributed by atoms with Crippen LogP contribution in [0.2, 0.25) is 0 Å². The molecular formula is C8H18N2OS. The fraction of sp³-hybridized carbons (Fsp3) is 0.875. The van der Waals surface area contributed by atoms with Crippen molar-refractivity contribution in [2.24, 2.45) is 10.9 Å². The van der Waals surface area contributed by atoms with Crippen molar-refractivity contribution in [3.05, 3.63) is 0 Å². The fourth-order valence-corrected chi connectivity index (χ4v) is 1.58. The van der Waals surface area contributed by atoms with E-state index in [1.54, 1.807) is 0 Å². The molecule has 0 amide bonds. The van der Waals surface area contributed by atoms with Gasteiger partial charge in [0.05, 0.1) is 0 Å². The van der Waals surface area contributed by atoms with Crippen molar-refractivity contribution >= 4 is 17.6 Å². The van der Waals surface area contributed by atoms with E-state index in [4.69, 9.17) is 10.9 Å². The van der Waals surface area contributed by atoms with Crippen LogP contribution in [-0.4, -0.2) is 21.5 Å². The summed E-state index contributed by atoms with van der Waals surface area (Å²) in [4.78, 5) is 0. The van der Waals surface area contributed by atoms with Gasteiger partial charge in [0, 0.05) is 11.2 Å². The van der Waals surface area contributed by atoms with Gasteiger partial charge in [-0.1, -0.05) is 25.9 Å². The van der Waals surface area contributed by atoms with Crippen LogP contribution in [-0.2, 0) is 0 Å². The smallest absolute Gasteiger partial charge is 0.139 e. The number of nitrogens with two attached hydrogens (primary N) is 1. The number of rotatable bonds is 4. The first-order chi connectivity index (χ1) is 5.45. The normalized spacial score (nSPS) is 13.4. The lowest BCUT2D eigenvalue weighted by Gasteiger charge is -2.16. The molecule has 0 aliphatic heterocycles. The minimum absolute atomic E-state index is 0.311. The predicted molar refractivity (Wildman–Crippen MR) is 54.9 cm³/mol. The molecule has 0 bridgehead atoms. The molecule has 0 heterocycles. The highest BCUT2D eigenvalue weighted by atomic mass is 32.2. The van der Waals surface area contributed by atoms with Crippen molar-refractivity contribution in [3.63, 3.8) is 0 Å². The molecule has 0 fully saturated rings. The highest BCUT2D eigenvalue weighted by molar-refractivity contribution is 8.00. The van der Waals surface area contributed by atoms with Crippen molar-refractivity contribution in [1.82, 2.24) is 0 Å². The van der Waals surface area contributed by atoms with E-state index in [2.05, 4.69) is 25.9 Å². The van der Waals surface area contributed by atoms with Crippen LogP contribution in [0.3, 0.4) is 0 Å². The third kappa shape index (κ3) is 7.72. The SMILES string of the molecule is CC(C)(C)SCCC/C(N)=N/O. The Morgan fingerprint density at radius 1 is 1.50 bits per heavy atom. The van der Waals surface area contributed by atoms with Gasteiger partial charge in [0.25, 0.3) is 0 Å². The quantitative estimate of drug-likeness (QED) is 0.234. The van der Waals surface area contributed by atoms with E-state index in [0.717, 1.165) is 12.2 Å². The summed E-state index contributed by atoms with van der Waals surface area (Å²) in [5.41, 5.74) is 5.31. The maximum absolute atomic E-state index is 8.25. The lowest BCUT2D eigenvalue weighted by Crippen LogP contribution is -2.13. The van der Waals surface area contributed by atoms with Gasteiger partial charge in [-0.3, -0.25) is 0 Å². The second kappa shape index (κ2) is 5.30. The van der Waals surface area contributed by atoms with Crippen LogP contribution >= 0.6 is 11.8 Å². The topological polar surface area (TPSA) is 58.6 Å². The number of thioether (sulfide) groups is 1. The van der Waals surface area contributed by atoms with Crippen molar-refractivity contribution in [2.75, 3.05) is 5.75 Å². The van der Waals surface area contributed by atoms with E-state index in [-0.39, 0.29) is 0 Å². The largest absolute Gasteiger partial charge is 0.409 e. The van der Waals surface area contributed by atoms with E-state index < -0.39 is 0 Å². The van der Waals surface area contributed by atoms with Crippen LogP contribution in [0.15, 0.2) is 5.16 Å². The van der Waals surface area contributed by atoms with E-state index in [9.17, 15) is 0 Å². The van der Waals surface area contributed by atoms with Crippen LogP contribution in [0.25, 0.3) is 0 Å². The van der Waals surface area contributed by atoms with Crippen molar-refractivity contribution in [2.45, 2.75) is 38.4 Å². The fourth-order valence-electron chi connectivity index (χ4n) is 0.682. The highest BCUT2D eigenvalue weighted by Crippen LogP contribution is 2.23. The first-order valence-electron chi connectivity index (χ1n) is 4.06. The Balaban J connectivity index is 3.34. The summed E-state index contributed by atoms with van der Waals surface area (Å²) in [7, 11) is 0. The molecule has 0 saturated carbocycles. The second-order valence-corrected chi connectivity index (χ2v) is 5.58. The van der Waals surface area contributed by atoms with Gasteiger partial charge in [-0.25, -0.2) is 0 Å². The van der Waals surface area contributed by atoms with Crippen molar-refractivity contribution in [1.29, 1.82) is 0 Å². The molecule has 0 radical (unpaired) electrons. The molecule has 0 unspecified atom stereocenters. The summed E-state index contributed by atoms with van der Waals surface area (Å²) in [5, 5.41) is 11.2. The average Bonchev–Trinajstić information content (AvgIpc) is 1.96. The third-order valence-electron chi connectivity index (χ3n) is 1.24. The van der Waals surface area contributed by atoms with E-state index in [0.29, 0.717) is 17.0 Å². The van der Waals surface area contributed by atoms with Gasteiger partial charge in [0.1, 0.15) is 5.84 Å². The summed E-state index contributed by atoms with van der Waals surface area (Å²) < 4.78 is 0.311. The lowest BCUT2D eigenvalue weighted by molar-refractivity contribution is 0.317. The predicted octanol–water partition coefficient (Wildman–Crippen LogP) is 2.04. The molecule has 72 valence electrons. The van der Waals surface area contributed by atoms with Gasteiger partial charge in [0.15, 0.2) is 0 Å². The molecule has 0 saturated heterocycles. The monoisotopic (exact) mass is 190 g/mol. The Morgan fingerprint density at radius 3 is 2.50 bits per heavy atom. The van der Waals surface area contributed by atoms with Gasteiger partial charge >= 0.3 is 0 Å². The summed E-state index contributed by atoms with van der Waals surface area (Å²) in [6.07, 6.45) is 1.65. The zero-order chi connectivity index (χ0) is 9.61. The van der Waals surface area contributed by atoms with E-state index in [1.807, 2.05) is 11.8 Å². The zero-order valence-electron chi connectivity index (χ0n) is 8.00. The van der Waals surface area contributed by atoms with Gasteiger partial charge in [-0.2, -0.15) is 11.8 Å². The molecular weight excluding hydrogens is 172 g/mol. The second-order valence-electron chi connectivity index (χ2n) is 3.66. The Labute approximate surface area is 78.4 Å². The van der Waals surface area contributed by atoms with Crippen LogP contribution in [0.4, 0.5) is 0 Å². The summed E-state index contributed by atoms with van der Waals surface area (Å²) in [6, 6.07) is 0. The van der Waals surface area contributed by atoms with Gasteiger partial charge < -0.3 is 10.9 Å². The Kier molecular flexibility index (Phi) is 5.13. The van der Waals surface area contributed by atoms with Crippen LogP contribution in [0.1, 0.15) is 33.6 Å². The highest BCUT2D eigenvalue weighted by Gasteiger charge is 2.09. The molecule has 0 aromatic carbocycles. The molecule has 0 aromatic rings. The number of hydrogen-bond acceptors (Lipinski definition) is 3. The Hall–Kier alpha value is -0.380. The van der Waals surface area contributed by atoms with Crippen molar-refractivity contribution < 1.29 is 5.21 Å². The van der Waals surface area contributed by atoms with Crippen LogP contribution in [0.5, 0.6) is 0 Å².